The molecule has 0 saturated heterocycles. The Morgan fingerprint density at radius 2 is 1.75 bits per heavy atom. The third-order valence-corrected chi connectivity index (χ3v) is 2.69. The van der Waals surface area contributed by atoms with Gasteiger partial charge in [0.05, 0.1) is 0 Å². The van der Waals surface area contributed by atoms with Gasteiger partial charge in [-0.15, -0.1) is 0 Å². The van der Waals surface area contributed by atoms with Crippen LogP contribution >= 0.6 is 0 Å². The van der Waals surface area contributed by atoms with Crippen molar-refractivity contribution in [1.82, 2.24) is 0 Å². The van der Waals surface area contributed by atoms with E-state index in [1.807, 2.05) is 0 Å². The van der Waals surface area contributed by atoms with Crippen LogP contribution in [-0.2, 0) is 0 Å². The Hall–Kier alpha value is -0.260. The van der Waals surface area contributed by atoms with E-state index in [-0.39, 0.29) is 0 Å². The second kappa shape index (κ2) is 3.64. The average Bonchev–Trinajstić information content (AvgIpc) is 2.32. The van der Waals surface area contributed by atoms with Crippen molar-refractivity contribution >= 4 is 0 Å². The molecule has 12 heavy (non-hydrogen) atoms. The quantitative estimate of drug-likeness (QED) is 0.540. The zero-order valence-electron chi connectivity index (χ0n) is 8.82. The number of allylic oxidation sites excluding steroid dienone is 1. The molecule has 0 heteroatoms. The van der Waals surface area contributed by atoms with Crippen molar-refractivity contribution in [1.29, 1.82) is 0 Å². The van der Waals surface area contributed by atoms with E-state index in [9.17, 15) is 0 Å². The normalized spacial score (nSPS) is 19.9. The van der Waals surface area contributed by atoms with Crippen LogP contribution in [-0.4, -0.2) is 0 Å². The van der Waals surface area contributed by atoms with E-state index in [2.05, 4.69) is 27.4 Å². The van der Waals surface area contributed by atoms with Gasteiger partial charge >= 0.3 is 0 Å². The molecule has 1 fully saturated rings. The molecule has 0 aromatic heterocycles. The fraction of sp³-hybridized carbons (Fsp3) is 0.833. The Balaban J connectivity index is 2.37. The number of hydrogen-bond acceptors (Lipinski definition) is 0. The molecule has 0 aromatic carbocycles. The molecule has 1 aliphatic rings. The molecule has 0 unspecified atom stereocenters. The summed E-state index contributed by atoms with van der Waals surface area (Å²) in [6.07, 6.45) is 6.85. The second-order valence-electron chi connectivity index (χ2n) is 5.38. The summed E-state index contributed by atoms with van der Waals surface area (Å²) in [5.74, 6) is 0.851. The molecular formula is C12H22. The predicted octanol–water partition coefficient (Wildman–Crippen LogP) is 4.17. The first kappa shape index (κ1) is 9.83. The van der Waals surface area contributed by atoms with Crippen LogP contribution in [0.2, 0.25) is 0 Å². The molecule has 1 aliphatic carbocycles. The first-order chi connectivity index (χ1) is 5.49. The molecule has 0 spiro atoms. The van der Waals surface area contributed by atoms with E-state index in [4.69, 9.17) is 0 Å². The van der Waals surface area contributed by atoms with E-state index < -0.39 is 0 Å². The molecular weight excluding hydrogens is 144 g/mol. The molecule has 0 atom stereocenters. The van der Waals surface area contributed by atoms with Gasteiger partial charge in [-0.1, -0.05) is 45.8 Å². The van der Waals surface area contributed by atoms with E-state index in [0.717, 1.165) is 5.92 Å². The summed E-state index contributed by atoms with van der Waals surface area (Å²) in [7, 11) is 0. The monoisotopic (exact) mass is 166 g/mol. The van der Waals surface area contributed by atoms with Crippen LogP contribution in [0.1, 0.15) is 52.9 Å². The summed E-state index contributed by atoms with van der Waals surface area (Å²) in [6, 6.07) is 0. The number of hydrogen-bond donors (Lipinski definition) is 0. The number of rotatable bonds is 2. The fourth-order valence-corrected chi connectivity index (χ4v) is 2.16. The highest BCUT2D eigenvalue weighted by molar-refractivity contribution is 5.04. The summed E-state index contributed by atoms with van der Waals surface area (Å²) < 4.78 is 0. The average molecular weight is 166 g/mol. The third-order valence-electron chi connectivity index (χ3n) is 2.69. The highest BCUT2D eigenvalue weighted by Crippen LogP contribution is 2.35. The van der Waals surface area contributed by atoms with Gasteiger partial charge < -0.3 is 0 Å². The first-order valence-electron chi connectivity index (χ1n) is 5.17. The predicted molar refractivity (Wildman–Crippen MR) is 55.2 cm³/mol. The summed E-state index contributed by atoms with van der Waals surface area (Å²) in [5, 5.41) is 0. The lowest BCUT2D eigenvalue weighted by molar-refractivity contribution is 0.388. The molecule has 70 valence electrons. The maximum Gasteiger partial charge on any atom is -0.0206 e. The van der Waals surface area contributed by atoms with Crippen LogP contribution in [0, 0.1) is 11.3 Å². The largest absolute Gasteiger partial charge is 0.0996 e. The van der Waals surface area contributed by atoms with E-state index in [1.165, 1.54) is 37.7 Å². The maximum absolute atomic E-state index is 4.22. The molecule has 1 saturated carbocycles. The molecule has 0 nitrogen and oxygen atoms in total. The summed E-state index contributed by atoms with van der Waals surface area (Å²) >= 11 is 0. The zero-order valence-corrected chi connectivity index (χ0v) is 8.82. The maximum atomic E-state index is 4.22. The van der Waals surface area contributed by atoms with Gasteiger partial charge in [0.25, 0.3) is 0 Å². The van der Waals surface area contributed by atoms with Crippen molar-refractivity contribution in [3.8, 4) is 0 Å². The SMILES string of the molecule is C=C(CC(C)(C)C)C1CCCC1. The van der Waals surface area contributed by atoms with Gasteiger partial charge in [-0.05, 0) is 30.6 Å². The van der Waals surface area contributed by atoms with Gasteiger partial charge in [0.15, 0.2) is 0 Å². The van der Waals surface area contributed by atoms with Crippen LogP contribution in [0.15, 0.2) is 12.2 Å². The first-order valence-corrected chi connectivity index (χ1v) is 5.17. The van der Waals surface area contributed by atoms with E-state index in [1.54, 1.807) is 0 Å². The molecule has 0 bridgehead atoms. The standard InChI is InChI=1S/C12H22/c1-10(9-12(2,3)4)11-7-5-6-8-11/h11H,1,5-9H2,2-4H3. The van der Waals surface area contributed by atoms with Gasteiger partial charge in [0.2, 0.25) is 0 Å². The van der Waals surface area contributed by atoms with Gasteiger partial charge in [0, 0.05) is 0 Å². The Morgan fingerprint density at radius 3 is 2.17 bits per heavy atom. The Bertz CT molecular complexity index is 153. The van der Waals surface area contributed by atoms with Crippen LogP contribution in [0.3, 0.4) is 0 Å². The Kier molecular flexibility index (Phi) is 2.98. The topological polar surface area (TPSA) is 0 Å². The molecule has 1 rings (SSSR count). The summed E-state index contributed by atoms with van der Waals surface area (Å²) in [4.78, 5) is 0. The molecule has 0 aromatic rings. The lowest BCUT2D eigenvalue weighted by Crippen LogP contribution is -2.09. The van der Waals surface area contributed by atoms with Crippen molar-refractivity contribution in [2.45, 2.75) is 52.9 Å². The lowest BCUT2D eigenvalue weighted by Gasteiger charge is -2.23. The van der Waals surface area contributed by atoms with Crippen molar-refractivity contribution in [3.05, 3.63) is 12.2 Å². The van der Waals surface area contributed by atoms with Crippen LogP contribution in [0.5, 0.6) is 0 Å². The second-order valence-corrected chi connectivity index (χ2v) is 5.38. The van der Waals surface area contributed by atoms with Crippen LogP contribution in [0.4, 0.5) is 0 Å². The fourth-order valence-electron chi connectivity index (χ4n) is 2.16. The third kappa shape index (κ3) is 3.00. The molecule has 0 heterocycles. The Morgan fingerprint density at radius 1 is 1.25 bits per heavy atom. The minimum absolute atomic E-state index is 0.430. The van der Waals surface area contributed by atoms with Crippen LogP contribution < -0.4 is 0 Å². The van der Waals surface area contributed by atoms with Crippen molar-refractivity contribution in [2.24, 2.45) is 11.3 Å². The van der Waals surface area contributed by atoms with Crippen molar-refractivity contribution in [3.63, 3.8) is 0 Å². The van der Waals surface area contributed by atoms with E-state index in [0.29, 0.717) is 5.41 Å². The molecule has 0 aliphatic heterocycles. The minimum atomic E-state index is 0.430. The van der Waals surface area contributed by atoms with E-state index >= 15 is 0 Å². The highest BCUT2D eigenvalue weighted by Gasteiger charge is 2.21. The molecule has 0 N–H and O–H groups in total. The zero-order chi connectivity index (χ0) is 9.19. The van der Waals surface area contributed by atoms with Gasteiger partial charge in [-0.2, -0.15) is 0 Å². The lowest BCUT2D eigenvalue weighted by atomic mass is 9.83. The van der Waals surface area contributed by atoms with Crippen LogP contribution in [0.25, 0.3) is 0 Å². The van der Waals surface area contributed by atoms with Crippen molar-refractivity contribution < 1.29 is 0 Å². The molecule has 0 amide bonds. The van der Waals surface area contributed by atoms with Gasteiger partial charge in [-0.25, -0.2) is 0 Å². The van der Waals surface area contributed by atoms with Crippen molar-refractivity contribution in [2.75, 3.05) is 0 Å². The van der Waals surface area contributed by atoms with Gasteiger partial charge in [0.1, 0.15) is 0 Å². The summed E-state index contributed by atoms with van der Waals surface area (Å²) in [5.41, 5.74) is 1.93. The minimum Gasteiger partial charge on any atom is -0.0996 e. The Labute approximate surface area is 77.1 Å². The van der Waals surface area contributed by atoms with Gasteiger partial charge in [-0.3, -0.25) is 0 Å². The summed E-state index contributed by atoms with van der Waals surface area (Å²) in [6.45, 7) is 11.1. The highest BCUT2D eigenvalue weighted by atomic mass is 14.3. The smallest absolute Gasteiger partial charge is 0.0206 e. The molecule has 0 radical (unpaired) electrons.